The van der Waals surface area contributed by atoms with Crippen LogP contribution in [0.15, 0.2) is 341 Å². The van der Waals surface area contributed by atoms with E-state index in [1.54, 1.807) is 0 Å². The number of fused-ring (bicyclic) bond motifs is 6. The molecule has 0 saturated carbocycles. The van der Waals surface area contributed by atoms with Gasteiger partial charge in [0.25, 0.3) is 0 Å². The summed E-state index contributed by atoms with van der Waals surface area (Å²) >= 11 is 0. The van der Waals surface area contributed by atoms with Crippen LogP contribution in [0.4, 0.5) is 34.1 Å². The fraction of sp³-hybridized carbons (Fsp3) is 0.0465. The van der Waals surface area contributed by atoms with Crippen molar-refractivity contribution in [3.8, 4) is 44.5 Å². The van der Waals surface area contributed by atoms with Crippen LogP contribution in [0.1, 0.15) is 55.6 Å². The summed E-state index contributed by atoms with van der Waals surface area (Å²) < 4.78 is 0. The van der Waals surface area contributed by atoms with Crippen molar-refractivity contribution in [3.63, 3.8) is 0 Å². The molecule has 0 fully saturated rings. The van der Waals surface area contributed by atoms with Crippen LogP contribution in [0.3, 0.4) is 0 Å². The van der Waals surface area contributed by atoms with Crippen molar-refractivity contribution in [3.05, 3.63) is 396 Å². The van der Waals surface area contributed by atoms with Gasteiger partial charge in [0.05, 0.1) is 10.8 Å². The SMILES string of the molecule is C=Cc1ccc(CC2(c3ccccc3)c3ccccc3-c3ccc(N(c4ccccc4)c4ccc(-c5ccc(-c6ccc(N(c7ccccc7)c7ccc8c(c7)C(Cc7ccc(C=C)cc7)(c7ccccc7)c7ccccc7-8)cc6)cc5)cc4)cc32)cc1. The van der Waals surface area contributed by atoms with E-state index in [1.807, 2.05) is 12.2 Å². The zero-order valence-corrected chi connectivity index (χ0v) is 49.1. The molecule has 2 aliphatic rings. The summed E-state index contributed by atoms with van der Waals surface area (Å²) in [7, 11) is 0. The molecule has 0 saturated heterocycles. The zero-order valence-electron chi connectivity index (χ0n) is 49.1. The van der Waals surface area contributed by atoms with Crippen molar-refractivity contribution in [1.29, 1.82) is 0 Å². The summed E-state index contributed by atoms with van der Waals surface area (Å²) in [6.45, 7) is 8.07. The monoisotopic (exact) mass is 1120 g/mol. The minimum Gasteiger partial charge on any atom is -0.310 e. The first-order valence-corrected chi connectivity index (χ1v) is 30.5. The lowest BCUT2D eigenvalue weighted by Crippen LogP contribution is -2.30. The van der Waals surface area contributed by atoms with Gasteiger partial charge in [0, 0.05) is 34.1 Å². The predicted molar refractivity (Wildman–Crippen MR) is 371 cm³/mol. The largest absolute Gasteiger partial charge is 0.310 e. The summed E-state index contributed by atoms with van der Waals surface area (Å²) in [4.78, 5) is 4.81. The quantitative estimate of drug-likeness (QED) is 0.0951. The van der Waals surface area contributed by atoms with Crippen molar-refractivity contribution in [2.75, 3.05) is 9.80 Å². The Morgan fingerprint density at radius 2 is 0.534 bits per heavy atom. The van der Waals surface area contributed by atoms with Gasteiger partial charge in [-0.3, -0.25) is 0 Å². The Hall–Kier alpha value is -11.1. The number of para-hydroxylation sites is 2. The van der Waals surface area contributed by atoms with Crippen LogP contribution in [0.2, 0.25) is 0 Å². The minimum atomic E-state index is -0.420. The average molecular weight is 1130 g/mol. The number of benzene rings is 13. The molecule has 0 radical (unpaired) electrons. The highest BCUT2D eigenvalue weighted by atomic mass is 15.1. The van der Waals surface area contributed by atoms with Gasteiger partial charge in [0.2, 0.25) is 0 Å². The van der Waals surface area contributed by atoms with E-state index in [0.717, 1.165) is 80.3 Å². The van der Waals surface area contributed by atoms with Crippen LogP contribution in [0.5, 0.6) is 0 Å². The Bertz CT molecular complexity index is 4350. The molecule has 418 valence electrons. The van der Waals surface area contributed by atoms with E-state index in [-0.39, 0.29) is 0 Å². The molecule has 0 heterocycles. The Labute approximate surface area is 517 Å². The summed E-state index contributed by atoms with van der Waals surface area (Å²) in [6.07, 6.45) is 5.46. The summed E-state index contributed by atoms with van der Waals surface area (Å²) in [6, 6.07) is 121. The first-order chi connectivity index (χ1) is 43.5. The second-order valence-corrected chi connectivity index (χ2v) is 23.4. The summed E-state index contributed by atoms with van der Waals surface area (Å²) in [5, 5.41) is 0. The van der Waals surface area contributed by atoms with Gasteiger partial charge in [-0.2, -0.15) is 0 Å². The van der Waals surface area contributed by atoms with Gasteiger partial charge in [-0.1, -0.05) is 280 Å². The van der Waals surface area contributed by atoms with Gasteiger partial charge in [0.1, 0.15) is 0 Å². The van der Waals surface area contributed by atoms with Crippen molar-refractivity contribution in [2.45, 2.75) is 23.7 Å². The predicted octanol–water partition coefficient (Wildman–Crippen LogP) is 22.4. The molecule has 0 bridgehead atoms. The van der Waals surface area contributed by atoms with Crippen LogP contribution >= 0.6 is 0 Å². The number of anilines is 6. The highest BCUT2D eigenvalue weighted by Gasteiger charge is 2.46. The highest BCUT2D eigenvalue weighted by molar-refractivity contribution is 5.90. The number of hydrogen-bond acceptors (Lipinski definition) is 2. The van der Waals surface area contributed by atoms with E-state index >= 15 is 0 Å². The van der Waals surface area contributed by atoms with Gasteiger partial charge in [-0.15, -0.1) is 0 Å². The zero-order chi connectivity index (χ0) is 59.0. The molecule has 0 spiro atoms. The topological polar surface area (TPSA) is 6.48 Å². The third kappa shape index (κ3) is 9.38. The van der Waals surface area contributed by atoms with Crippen LogP contribution in [-0.4, -0.2) is 0 Å². The molecule has 0 aromatic heterocycles. The van der Waals surface area contributed by atoms with E-state index in [2.05, 4.69) is 351 Å². The molecule has 88 heavy (non-hydrogen) atoms. The van der Waals surface area contributed by atoms with Crippen molar-refractivity contribution in [2.24, 2.45) is 0 Å². The van der Waals surface area contributed by atoms with E-state index in [9.17, 15) is 0 Å². The lowest BCUT2D eigenvalue weighted by Gasteiger charge is -2.34. The molecule has 15 rings (SSSR count). The molecule has 13 aromatic rings. The van der Waals surface area contributed by atoms with Crippen LogP contribution in [0, 0.1) is 0 Å². The average Bonchev–Trinajstić information content (AvgIpc) is 1.58. The lowest BCUT2D eigenvalue weighted by molar-refractivity contribution is 0.629. The molecule has 0 N–H and O–H groups in total. The summed E-state index contributed by atoms with van der Waals surface area (Å²) in [5.41, 5.74) is 28.2. The molecular weight excluding hydrogens is 1060 g/mol. The molecule has 2 atom stereocenters. The normalized spacial score (nSPS) is 15.1. The molecule has 13 aromatic carbocycles. The lowest BCUT2D eigenvalue weighted by atomic mass is 9.68. The second-order valence-electron chi connectivity index (χ2n) is 23.4. The highest BCUT2D eigenvalue weighted by Crippen LogP contribution is 2.58. The standard InChI is InChI=1S/C86H64N2/c1-3-61-33-37-63(38-34-61)59-85(69-21-9-5-10-22-69)81-31-19-17-29-77(81)79-55-53-75(57-83(79)85)87(71-25-13-7-14-26-71)73-49-45-67(46-50-73)65-41-43-66(44-42-65)68-47-51-74(52-48-68)88(72-27-15-8-16-28-72)76-54-56-80-78-30-18-20-32-82(78)86(84(80)58-76,70-23-11-6-12-24-70)60-64-39-35-62(4-2)36-40-64/h3-58H,1-2,59-60H2. The molecule has 2 unspecified atom stereocenters. The van der Waals surface area contributed by atoms with Crippen LogP contribution in [-0.2, 0) is 23.7 Å². The third-order valence-electron chi connectivity index (χ3n) is 18.5. The van der Waals surface area contributed by atoms with Gasteiger partial charge in [-0.25, -0.2) is 0 Å². The van der Waals surface area contributed by atoms with Crippen molar-refractivity contribution >= 4 is 46.3 Å². The van der Waals surface area contributed by atoms with E-state index in [1.165, 1.54) is 66.8 Å². The van der Waals surface area contributed by atoms with Crippen LogP contribution < -0.4 is 9.80 Å². The Kier molecular flexibility index (Phi) is 13.9. The first-order valence-electron chi connectivity index (χ1n) is 30.5. The second kappa shape index (κ2) is 22.7. The van der Waals surface area contributed by atoms with Gasteiger partial charge >= 0.3 is 0 Å². The Morgan fingerprint density at radius 1 is 0.250 bits per heavy atom. The number of hydrogen-bond donors (Lipinski definition) is 0. The first kappa shape index (κ1) is 53.7. The Morgan fingerprint density at radius 3 is 0.886 bits per heavy atom. The van der Waals surface area contributed by atoms with Crippen molar-refractivity contribution in [1.82, 2.24) is 0 Å². The third-order valence-corrected chi connectivity index (χ3v) is 18.5. The maximum atomic E-state index is 4.03. The molecule has 2 nitrogen and oxygen atoms in total. The molecule has 2 heteroatoms. The maximum Gasteiger partial charge on any atom is 0.0504 e. The molecule has 0 aliphatic heterocycles. The molecule has 0 amide bonds. The van der Waals surface area contributed by atoms with E-state index < -0.39 is 10.8 Å². The van der Waals surface area contributed by atoms with Crippen molar-refractivity contribution < 1.29 is 0 Å². The fourth-order valence-electron chi connectivity index (χ4n) is 14.3. The number of rotatable bonds is 16. The minimum absolute atomic E-state index is 0.420. The van der Waals surface area contributed by atoms with Crippen LogP contribution in [0.25, 0.3) is 56.7 Å². The van der Waals surface area contributed by atoms with Gasteiger partial charge in [0.15, 0.2) is 0 Å². The van der Waals surface area contributed by atoms with Gasteiger partial charge < -0.3 is 9.80 Å². The molecular formula is C86H64N2. The summed E-state index contributed by atoms with van der Waals surface area (Å²) in [5.74, 6) is 0. The molecule has 2 aliphatic carbocycles. The Balaban J connectivity index is 0.742. The van der Waals surface area contributed by atoms with E-state index in [4.69, 9.17) is 0 Å². The van der Waals surface area contributed by atoms with Gasteiger partial charge in [-0.05, 0) is 186 Å². The fourth-order valence-corrected chi connectivity index (χ4v) is 14.3. The smallest absolute Gasteiger partial charge is 0.0504 e. The number of nitrogens with zero attached hydrogens (tertiary/aromatic N) is 2. The van der Waals surface area contributed by atoms with E-state index in [0.29, 0.717) is 0 Å². The maximum absolute atomic E-state index is 4.03.